The van der Waals surface area contributed by atoms with Gasteiger partial charge >= 0.3 is 5.97 Å². The summed E-state index contributed by atoms with van der Waals surface area (Å²) in [5.74, 6) is -1.17. The van der Waals surface area contributed by atoms with E-state index in [1.165, 1.54) is 4.90 Å². The number of fused-ring (bicyclic) bond motifs is 1. The molecule has 0 aromatic heterocycles. The van der Waals surface area contributed by atoms with Crippen LogP contribution >= 0.6 is 0 Å². The molecule has 0 unspecified atom stereocenters. The number of hydrogen-bond donors (Lipinski definition) is 1. The minimum Gasteiger partial charge on any atom is -0.456 e. The Morgan fingerprint density at radius 1 is 1.04 bits per heavy atom. The quantitative estimate of drug-likeness (QED) is 0.826. The zero-order valence-corrected chi connectivity index (χ0v) is 15.4. The Kier molecular flexibility index (Phi) is 5.26. The van der Waals surface area contributed by atoms with Crippen LogP contribution in [-0.2, 0) is 25.5 Å². The average Bonchev–Trinajstić information content (AvgIpc) is 2.66. The number of anilines is 2. The number of amides is 2. The van der Waals surface area contributed by atoms with E-state index in [1.54, 1.807) is 38.1 Å². The van der Waals surface area contributed by atoms with Crippen molar-refractivity contribution in [2.75, 3.05) is 16.8 Å². The molecule has 0 atom stereocenters. The Bertz CT molecular complexity index is 861. The zero-order valence-electron chi connectivity index (χ0n) is 15.4. The van der Waals surface area contributed by atoms with Crippen molar-refractivity contribution in [3.8, 4) is 0 Å². The van der Waals surface area contributed by atoms with Crippen LogP contribution in [0.25, 0.3) is 0 Å². The molecule has 0 saturated heterocycles. The first-order valence-corrected chi connectivity index (χ1v) is 8.82. The van der Waals surface area contributed by atoms with Crippen molar-refractivity contribution in [3.63, 3.8) is 0 Å². The number of aryl methyl sites for hydroxylation is 1. The second kappa shape index (κ2) is 7.61. The molecule has 6 nitrogen and oxygen atoms in total. The number of nitrogens with one attached hydrogen (secondary N) is 1. The molecule has 0 aliphatic carbocycles. The molecule has 6 heteroatoms. The van der Waals surface area contributed by atoms with E-state index in [9.17, 15) is 14.4 Å². The fourth-order valence-corrected chi connectivity index (χ4v) is 3.07. The molecule has 0 spiro atoms. The molecule has 1 N–H and O–H groups in total. The number of carbonyl (C=O) groups is 3. The molecule has 0 fully saturated rings. The average molecular weight is 366 g/mol. The fraction of sp³-hybridized carbons (Fsp3) is 0.286. The molecule has 140 valence electrons. The fourth-order valence-electron chi connectivity index (χ4n) is 3.07. The summed E-state index contributed by atoms with van der Waals surface area (Å²) in [6.45, 7) is 2.92. The van der Waals surface area contributed by atoms with Gasteiger partial charge in [0.25, 0.3) is 5.91 Å². The normalized spacial score (nSPS) is 14.9. The van der Waals surface area contributed by atoms with E-state index < -0.39 is 24.0 Å². The Morgan fingerprint density at radius 3 is 2.44 bits per heavy atom. The van der Waals surface area contributed by atoms with Gasteiger partial charge in [0, 0.05) is 6.42 Å². The predicted molar refractivity (Wildman–Crippen MR) is 102 cm³/mol. The summed E-state index contributed by atoms with van der Waals surface area (Å²) in [5.41, 5.74) is 1.10. The van der Waals surface area contributed by atoms with Gasteiger partial charge in [0.2, 0.25) is 5.91 Å². The Hall–Kier alpha value is -3.15. The monoisotopic (exact) mass is 366 g/mol. The van der Waals surface area contributed by atoms with Gasteiger partial charge in [-0.1, -0.05) is 42.5 Å². The zero-order chi connectivity index (χ0) is 19.4. The predicted octanol–water partition coefficient (Wildman–Crippen LogP) is 2.93. The lowest BCUT2D eigenvalue weighted by atomic mass is 9.96. The van der Waals surface area contributed by atoms with Crippen molar-refractivity contribution in [2.45, 2.75) is 32.2 Å². The molecule has 2 amide bonds. The molecule has 1 aliphatic heterocycles. The first-order chi connectivity index (χ1) is 12.9. The number of benzene rings is 2. The van der Waals surface area contributed by atoms with Crippen molar-refractivity contribution in [1.82, 2.24) is 0 Å². The summed E-state index contributed by atoms with van der Waals surface area (Å²) in [7, 11) is 0. The highest BCUT2D eigenvalue weighted by molar-refractivity contribution is 6.14. The van der Waals surface area contributed by atoms with E-state index in [4.69, 9.17) is 4.74 Å². The number of para-hydroxylation sites is 2. The number of nitrogens with zero attached hydrogens (tertiary/aromatic N) is 1. The van der Waals surface area contributed by atoms with Crippen LogP contribution in [0.3, 0.4) is 0 Å². The highest BCUT2D eigenvalue weighted by Crippen LogP contribution is 2.36. The number of carbonyl (C=O) groups excluding carboxylic acids is 3. The van der Waals surface area contributed by atoms with E-state index in [2.05, 4.69) is 5.32 Å². The number of rotatable bonds is 5. The molecule has 0 radical (unpaired) electrons. The second-order valence-corrected chi connectivity index (χ2v) is 6.91. The SMILES string of the molecule is CC1(C)C(=O)Nc2ccccc2N1C(=O)COC(=O)CCc1ccccc1. The number of hydrogen-bond acceptors (Lipinski definition) is 4. The molecule has 3 rings (SSSR count). The van der Waals surface area contributed by atoms with Crippen molar-refractivity contribution in [3.05, 3.63) is 60.2 Å². The van der Waals surface area contributed by atoms with Crippen LogP contribution in [0, 0.1) is 0 Å². The van der Waals surface area contributed by atoms with Crippen LogP contribution in [-0.4, -0.2) is 29.9 Å². The Balaban J connectivity index is 1.64. The molecule has 1 aliphatic rings. The van der Waals surface area contributed by atoms with Crippen LogP contribution in [0.4, 0.5) is 11.4 Å². The van der Waals surface area contributed by atoms with Gasteiger partial charge in [0.1, 0.15) is 5.54 Å². The Labute approximate surface area is 158 Å². The van der Waals surface area contributed by atoms with Crippen molar-refractivity contribution >= 4 is 29.2 Å². The summed E-state index contributed by atoms with van der Waals surface area (Å²) in [6, 6.07) is 16.7. The third-order valence-electron chi connectivity index (χ3n) is 4.57. The van der Waals surface area contributed by atoms with Gasteiger partial charge in [-0.05, 0) is 38.0 Å². The molecule has 2 aromatic rings. The van der Waals surface area contributed by atoms with Gasteiger partial charge in [-0.3, -0.25) is 19.3 Å². The largest absolute Gasteiger partial charge is 0.456 e. The van der Waals surface area contributed by atoms with Crippen LogP contribution in [0.5, 0.6) is 0 Å². The third kappa shape index (κ3) is 4.00. The van der Waals surface area contributed by atoms with Gasteiger partial charge < -0.3 is 10.1 Å². The third-order valence-corrected chi connectivity index (χ3v) is 4.57. The summed E-state index contributed by atoms with van der Waals surface area (Å²) in [5, 5.41) is 2.80. The van der Waals surface area contributed by atoms with Crippen molar-refractivity contribution < 1.29 is 19.1 Å². The van der Waals surface area contributed by atoms with Gasteiger partial charge in [-0.2, -0.15) is 0 Å². The van der Waals surface area contributed by atoms with Crippen LogP contribution in [0.15, 0.2) is 54.6 Å². The minimum atomic E-state index is -1.08. The van der Waals surface area contributed by atoms with E-state index in [1.807, 2.05) is 30.3 Å². The first kappa shape index (κ1) is 18.6. The molecule has 0 saturated carbocycles. The summed E-state index contributed by atoms with van der Waals surface area (Å²) < 4.78 is 5.16. The van der Waals surface area contributed by atoms with Crippen LogP contribution < -0.4 is 10.2 Å². The lowest BCUT2D eigenvalue weighted by Crippen LogP contribution is -2.59. The molecular formula is C21H22N2O4. The standard InChI is InChI=1S/C21H22N2O4/c1-21(2)20(26)22-16-10-6-7-11-17(16)23(21)18(24)14-27-19(25)13-12-15-8-4-3-5-9-15/h3-11H,12-14H2,1-2H3,(H,22,26). The van der Waals surface area contributed by atoms with E-state index in [-0.39, 0.29) is 12.3 Å². The van der Waals surface area contributed by atoms with E-state index in [0.717, 1.165) is 5.56 Å². The smallest absolute Gasteiger partial charge is 0.306 e. The lowest BCUT2D eigenvalue weighted by molar-refractivity contribution is -0.148. The number of ether oxygens (including phenoxy) is 1. The summed E-state index contributed by atoms with van der Waals surface area (Å²) >= 11 is 0. The summed E-state index contributed by atoms with van der Waals surface area (Å²) in [6.07, 6.45) is 0.742. The van der Waals surface area contributed by atoms with Gasteiger partial charge in [0.15, 0.2) is 6.61 Å². The minimum absolute atomic E-state index is 0.192. The maximum atomic E-state index is 12.8. The molecule has 0 bridgehead atoms. The number of esters is 1. The van der Waals surface area contributed by atoms with Crippen molar-refractivity contribution in [2.24, 2.45) is 0 Å². The van der Waals surface area contributed by atoms with Crippen molar-refractivity contribution in [1.29, 1.82) is 0 Å². The Morgan fingerprint density at radius 2 is 1.70 bits per heavy atom. The molecular weight excluding hydrogens is 344 g/mol. The molecule has 1 heterocycles. The molecule has 27 heavy (non-hydrogen) atoms. The van der Waals surface area contributed by atoms with E-state index >= 15 is 0 Å². The highest BCUT2D eigenvalue weighted by Gasteiger charge is 2.43. The van der Waals surface area contributed by atoms with Gasteiger partial charge in [-0.25, -0.2) is 0 Å². The van der Waals surface area contributed by atoms with Gasteiger partial charge in [0.05, 0.1) is 11.4 Å². The van der Waals surface area contributed by atoms with E-state index in [0.29, 0.717) is 17.8 Å². The van der Waals surface area contributed by atoms with Gasteiger partial charge in [-0.15, -0.1) is 0 Å². The maximum absolute atomic E-state index is 12.8. The topological polar surface area (TPSA) is 75.7 Å². The first-order valence-electron chi connectivity index (χ1n) is 8.82. The lowest BCUT2D eigenvalue weighted by Gasteiger charge is -2.41. The maximum Gasteiger partial charge on any atom is 0.306 e. The summed E-state index contributed by atoms with van der Waals surface area (Å²) in [4.78, 5) is 38.5. The second-order valence-electron chi connectivity index (χ2n) is 6.91. The highest BCUT2D eigenvalue weighted by atomic mass is 16.5. The van der Waals surface area contributed by atoms with Crippen LogP contribution in [0.1, 0.15) is 25.8 Å². The molecule has 2 aromatic carbocycles. The van der Waals surface area contributed by atoms with Crippen LogP contribution in [0.2, 0.25) is 0 Å².